The second-order valence-electron chi connectivity index (χ2n) is 5.75. The lowest BCUT2D eigenvalue weighted by Gasteiger charge is -2.06. The summed E-state index contributed by atoms with van der Waals surface area (Å²) in [6, 6.07) is 13.2. The number of sulfonamides is 1. The first-order valence-corrected chi connectivity index (χ1v) is 9.28. The first-order valence-electron chi connectivity index (χ1n) is 7.74. The molecule has 7 heteroatoms. The molecule has 0 aliphatic carbocycles. The quantitative estimate of drug-likeness (QED) is 0.736. The standard InChI is InChI=1S/C18H20N2O4S/c1-13-2-6-15(7-3-13)17(21)10-11-18(22)20-12-14-4-8-16(9-5-14)25(19,23)24/h2-9H,10-12H2,1H3,(H,20,22)(H2,19,23,24). The van der Waals surface area contributed by atoms with Crippen LogP contribution in [0.1, 0.15) is 34.3 Å². The molecule has 0 unspecified atom stereocenters. The molecule has 3 N–H and O–H groups in total. The Morgan fingerprint density at radius 3 is 2.12 bits per heavy atom. The summed E-state index contributed by atoms with van der Waals surface area (Å²) < 4.78 is 22.3. The lowest BCUT2D eigenvalue weighted by molar-refractivity contribution is -0.121. The van der Waals surface area contributed by atoms with Crippen LogP contribution in [0, 0.1) is 6.92 Å². The molecule has 0 bridgehead atoms. The van der Waals surface area contributed by atoms with Crippen molar-refractivity contribution in [3.8, 4) is 0 Å². The Morgan fingerprint density at radius 1 is 0.960 bits per heavy atom. The summed E-state index contributed by atoms with van der Waals surface area (Å²) in [6.07, 6.45) is 0.237. The van der Waals surface area contributed by atoms with Crippen LogP contribution in [0.2, 0.25) is 0 Å². The van der Waals surface area contributed by atoms with Crippen LogP contribution in [0.3, 0.4) is 0 Å². The van der Waals surface area contributed by atoms with Crippen molar-refractivity contribution < 1.29 is 18.0 Å². The summed E-state index contributed by atoms with van der Waals surface area (Å²) in [5.74, 6) is -0.316. The molecule has 2 aromatic rings. The number of Topliss-reactive ketones (excluding diaryl/α,β-unsaturated/α-hetero) is 1. The molecular formula is C18H20N2O4S. The highest BCUT2D eigenvalue weighted by Crippen LogP contribution is 2.10. The number of primary sulfonamides is 1. The van der Waals surface area contributed by atoms with Crippen molar-refractivity contribution in [3.05, 3.63) is 65.2 Å². The van der Waals surface area contributed by atoms with Gasteiger partial charge in [-0.1, -0.05) is 42.0 Å². The van der Waals surface area contributed by atoms with Gasteiger partial charge in [-0.3, -0.25) is 9.59 Å². The van der Waals surface area contributed by atoms with Gasteiger partial charge in [0.05, 0.1) is 4.90 Å². The van der Waals surface area contributed by atoms with E-state index in [2.05, 4.69) is 5.32 Å². The van der Waals surface area contributed by atoms with Gasteiger partial charge < -0.3 is 5.32 Å². The van der Waals surface area contributed by atoms with Crippen LogP contribution in [-0.4, -0.2) is 20.1 Å². The van der Waals surface area contributed by atoms with Gasteiger partial charge in [0, 0.05) is 24.9 Å². The molecule has 0 saturated heterocycles. The highest BCUT2D eigenvalue weighted by molar-refractivity contribution is 7.89. The number of rotatable bonds is 7. The van der Waals surface area contributed by atoms with Gasteiger partial charge in [0.25, 0.3) is 0 Å². The highest BCUT2D eigenvalue weighted by Gasteiger charge is 2.10. The molecule has 0 spiro atoms. The van der Waals surface area contributed by atoms with E-state index in [0.29, 0.717) is 5.56 Å². The van der Waals surface area contributed by atoms with Crippen molar-refractivity contribution in [3.63, 3.8) is 0 Å². The number of nitrogens with two attached hydrogens (primary N) is 1. The topological polar surface area (TPSA) is 106 Å². The van der Waals surface area contributed by atoms with Crippen molar-refractivity contribution >= 4 is 21.7 Å². The molecule has 0 aliphatic rings. The molecule has 0 saturated carbocycles. The molecule has 6 nitrogen and oxygen atoms in total. The van der Waals surface area contributed by atoms with Crippen LogP contribution in [0.5, 0.6) is 0 Å². The Kier molecular flexibility index (Phi) is 6.06. The van der Waals surface area contributed by atoms with Gasteiger partial charge in [0.15, 0.2) is 5.78 Å². The van der Waals surface area contributed by atoms with Crippen LogP contribution >= 0.6 is 0 Å². The van der Waals surface area contributed by atoms with Crippen LogP contribution in [-0.2, 0) is 21.4 Å². The maximum atomic E-state index is 12.0. The largest absolute Gasteiger partial charge is 0.352 e. The number of aryl methyl sites for hydroxylation is 1. The Balaban J connectivity index is 1.80. The average molecular weight is 360 g/mol. The molecule has 0 aliphatic heterocycles. The second kappa shape index (κ2) is 8.04. The molecule has 0 aromatic heterocycles. The number of benzene rings is 2. The lowest BCUT2D eigenvalue weighted by Crippen LogP contribution is -2.23. The van der Waals surface area contributed by atoms with Crippen molar-refractivity contribution in [1.29, 1.82) is 0 Å². The molecule has 0 heterocycles. The van der Waals surface area contributed by atoms with Gasteiger partial charge in [0.2, 0.25) is 15.9 Å². The monoisotopic (exact) mass is 360 g/mol. The molecule has 25 heavy (non-hydrogen) atoms. The zero-order valence-corrected chi connectivity index (χ0v) is 14.7. The Labute approximate surface area is 147 Å². The van der Waals surface area contributed by atoms with E-state index in [1.807, 2.05) is 19.1 Å². The number of carbonyl (C=O) groups is 2. The van der Waals surface area contributed by atoms with Crippen LogP contribution in [0.25, 0.3) is 0 Å². The maximum absolute atomic E-state index is 12.0. The van der Waals surface area contributed by atoms with Gasteiger partial charge in [-0.2, -0.15) is 0 Å². The average Bonchev–Trinajstić information content (AvgIpc) is 2.58. The zero-order chi connectivity index (χ0) is 18.4. The van der Waals surface area contributed by atoms with E-state index in [1.54, 1.807) is 24.3 Å². The Hall–Kier alpha value is -2.51. The van der Waals surface area contributed by atoms with E-state index in [9.17, 15) is 18.0 Å². The summed E-state index contributed by atoms with van der Waals surface area (Å²) in [5.41, 5.74) is 2.41. The lowest BCUT2D eigenvalue weighted by atomic mass is 10.0. The highest BCUT2D eigenvalue weighted by atomic mass is 32.2. The first-order chi connectivity index (χ1) is 11.8. The third-order valence-corrected chi connectivity index (χ3v) is 4.62. The van der Waals surface area contributed by atoms with E-state index >= 15 is 0 Å². The van der Waals surface area contributed by atoms with Crippen molar-refractivity contribution in [2.24, 2.45) is 5.14 Å². The minimum absolute atomic E-state index is 0.0197. The molecule has 0 atom stereocenters. The Bertz CT molecular complexity index is 857. The Morgan fingerprint density at radius 2 is 1.56 bits per heavy atom. The number of hydrogen-bond acceptors (Lipinski definition) is 4. The molecule has 132 valence electrons. The third kappa shape index (κ3) is 5.81. The van der Waals surface area contributed by atoms with Crippen LogP contribution < -0.4 is 10.5 Å². The molecule has 0 radical (unpaired) electrons. The minimum atomic E-state index is -3.72. The van der Waals surface area contributed by atoms with E-state index in [1.165, 1.54) is 12.1 Å². The molecule has 0 fully saturated rings. The fourth-order valence-corrected chi connectivity index (χ4v) is 2.71. The first kappa shape index (κ1) is 18.8. The predicted octanol–water partition coefficient (Wildman–Crippen LogP) is 1.92. The second-order valence-corrected chi connectivity index (χ2v) is 7.32. The predicted molar refractivity (Wildman–Crippen MR) is 94.4 cm³/mol. The number of ketones is 1. The fourth-order valence-electron chi connectivity index (χ4n) is 2.20. The van der Waals surface area contributed by atoms with E-state index in [4.69, 9.17) is 5.14 Å². The van der Waals surface area contributed by atoms with E-state index < -0.39 is 10.0 Å². The van der Waals surface area contributed by atoms with Crippen LogP contribution in [0.4, 0.5) is 0 Å². The van der Waals surface area contributed by atoms with Gasteiger partial charge in [-0.15, -0.1) is 0 Å². The number of carbonyl (C=O) groups excluding carboxylic acids is 2. The normalized spacial score (nSPS) is 11.1. The fraction of sp³-hybridized carbons (Fsp3) is 0.222. The molecule has 2 aromatic carbocycles. The number of nitrogens with one attached hydrogen (secondary N) is 1. The summed E-state index contributed by atoms with van der Waals surface area (Å²) in [6.45, 7) is 2.19. The van der Waals surface area contributed by atoms with Gasteiger partial charge in [-0.25, -0.2) is 13.6 Å². The van der Waals surface area contributed by atoms with Gasteiger partial charge in [-0.05, 0) is 24.6 Å². The summed E-state index contributed by atoms with van der Waals surface area (Å²) >= 11 is 0. The maximum Gasteiger partial charge on any atom is 0.238 e. The van der Waals surface area contributed by atoms with Gasteiger partial charge >= 0.3 is 0 Å². The number of amides is 1. The van der Waals surface area contributed by atoms with E-state index in [0.717, 1.165) is 11.1 Å². The van der Waals surface area contributed by atoms with Crippen molar-refractivity contribution in [2.75, 3.05) is 0 Å². The summed E-state index contributed by atoms with van der Waals surface area (Å²) in [5, 5.41) is 7.72. The minimum Gasteiger partial charge on any atom is -0.352 e. The summed E-state index contributed by atoms with van der Waals surface area (Å²) in [7, 11) is -3.72. The van der Waals surface area contributed by atoms with Gasteiger partial charge in [0.1, 0.15) is 0 Å². The summed E-state index contributed by atoms with van der Waals surface area (Å²) in [4.78, 5) is 23.9. The smallest absolute Gasteiger partial charge is 0.238 e. The zero-order valence-electron chi connectivity index (χ0n) is 13.9. The molecule has 1 amide bonds. The molecular weight excluding hydrogens is 340 g/mol. The van der Waals surface area contributed by atoms with Crippen molar-refractivity contribution in [2.45, 2.75) is 31.2 Å². The molecule has 2 rings (SSSR count). The third-order valence-electron chi connectivity index (χ3n) is 3.69. The van der Waals surface area contributed by atoms with E-state index in [-0.39, 0.29) is 36.0 Å². The van der Waals surface area contributed by atoms with Crippen LogP contribution in [0.15, 0.2) is 53.4 Å². The van der Waals surface area contributed by atoms with Crippen molar-refractivity contribution in [1.82, 2.24) is 5.32 Å². The number of hydrogen-bond donors (Lipinski definition) is 2. The SMILES string of the molecule is Cc1ccc(C(=O)CCC(=O)NCc2ccc(S(N)(=O)=O)cc2)cc1.